The summed E-state index contributed by atoms with van der Waals surface area (Å²) in [4.78, 5) is 42.9. The maximum atomic E-state index is 12.7. The number of carbonyl (C=O) groups is 1. The first-order chi connectivity index (χ1) is 20.4. The van der Waals surface area contributed by atoms with Crippen molar-refractivity contribution in [2.75, 3.05) is 37.7 Å². The molecule has 42 heavy (non-hydrogen) atoms. The number of unbranched alkanes of at least 4 members (excludes halogenated alkanes) is 1. The van der Waals surface area contributed by atoms with Crippen molar-refractivity contribution in [2.24, 2.45) is 5.92 Å². The Hall–Kier alpha value is -4.45. The van der Waals surface area contributed by atoms with Crippen LogP contribution in [-0.4, -0.2) is 61.6 Å². The van der Waals surface area contributed by atoms with Crippen LogP contribution in [0, 0.1) is 5.92 Å². The van der Waals surface area contributed by atoms with Crippen molar-refractivity contribution < 1.29 is 9.53 Å². The third-order valence-electron chi connectivity index (χ3n) is 7.70. The Morgan fingerprint density at radius 1 is 1.10 bits per heavy atom. The van der Waals surface area contributed by atoms with E-state index in [9.17, 15) is 9.59 Å². The molecule has 0 spiro atoms. The highest BCUT2D eigenvalue weighted by molar-refractivity contribution is 5.94. The number of benzene rings is 1. The number of nitrogens with zero attached hydrogens (tertiary/aromatic N) is 5. The molecule has 0 unspecified atom stereocenters. The number of aromatic nitrogens is 5. The number of amides is 1. The van der Waals surface area contributed by atoms with Gasteiger partial charge in [0.05, 0.1) is 24.4 Å². The van der Waals surface area contributed by atoms with Gasteiger partial charge in [0.2, 0.25) is 0 Å². The number of anilines is 2. The van der Waals surface area contributed by atoms with Gasteiger partial charge in [-0.2, -0.15) is 9.97 Å². The summed E-state index contributed by atoms with van der Waals surface area (Å²) in [6, 6.07) is 10.2. The molecule has 1 aliphatic heterocycles. The van der Waals surface area contributed by atoms with Crippen LogP contribution in [0.15, 0.2) is 47.5 Å². The number of aromatic amines is 1. The molecule has 4 aromatic rings. The minimum Gasteiger partial charge on any atom is -0.463 e. The molecule has 222 valence electrons. The van der Waals surface area contributed by atoms with Crippen molar-refractivity contribution in [3.8, 4) is 6.01 Å². The van der Waals surface area contributed by atoms with Gasteiger partial charge >= 0.3 is 11.7 Å². The van der Waals surface area contributed by atoms with Crippen LogP contribution in [0.2, 0.25) is 0 Å². The van der Waals surface area contributed by atoms with Crippen LogP contribution >= 0.6 is 0 Å². The van der Waals surface area contributed by atoms with Crippen LogP contribution in [0.3, 0.4) is 0 Å². The quantitative estimate of drug-likeness (QED) is 0.186. The summed E-state index contributed by atoms with van der Waals surface area (Å²) >= 11 is 0. The number of carbonyl (C=O) groups excluding carboxylic acids is 1. The molecule has 0 bridgehead atoms. The molecule has 1 fully saturated rings. The molecule has 3 aromatic heterocycles. The molecule has 1 saturated heterocycles. The van der Waals surface area contributed by atoms with Crippen LogP contribution in [0.25, 0.3) is 11.2 Å². The van der Waals surface area contributed by atoms with E-state index < -0.39 is 0 Å². The summed E-state index contributed by atoms with van der Waals surface area (Å²) in [5.74, 6) is 0.651. The second kappa shape index (κ2) is 13.5. The number of imidazole rings is 1. The molecule has 6 N–H and O–H groups in total. The number of fused-ring (bicyclic) bond motifs is 1. The van der Waals surface area contributed by atoms with E-state index in [1.165, 1.54) is 18.0 Å². The van der Waals surface area contributed by atoms with Gasteiger partial charge in [0.25, 0.3) is 5.91 Å². The molecular formula is C30H39N9O3. The first kappa shape index (κ1) is 29.1. The number of nitrogen functional groups attached to an aromatic ring is 2. The number of rotatable bonds is 12. The highest BCUT2D eigenvalue weighted by Gasteiger charge is 2.20. The fourth-order valence-electron chi connectivity index (χ4n) is 5.25. The second-order valence-electron chi connectivity index (χ2n) is 10.9. The minimum absolute atomic E-state index is 0.135. The standard InChI is InChI=1S/C30H39N9O3/c1-2-3-14-42-29-36-26(32)25-27(37-29)39(30(41)35-25)19-22-6-4-21(5-7-22)18-38-12-9-20(10-13-38)8-11-34-28(40)23-15-24(31)17-33-16-23/h4-7,15-17,20H,2-3,8-14,18-19,31H2,1H3,(H,34,40)(H,35,41)(H2,32,36,37). The summed E-state index contributed by atoms with van der Waals surface area (Å²) in [6.07, 6.45) is 8.10. The summed E-state index contributed by atoms with van der Waals surface area (Å²) in [5, 5.41) is 2.98. The summed E-state index contributed by atoms with van der Waals surface area (Å²) in [7, 11) is 0. The molecule has 0 aliphatic carbocycles. The Kier molecular flexibility index (Phi) is 9.32. The van der Waals surface area contributed by atoms with Gasteiger partial charge in [-0.3, -0.25) is 19.2 Å². The zero-order chi connectivity index (χ0) is 29.5. The highest BCUT2D eigenvalue weighted by atomic mass is 16.5. The lowest BCUT2D eigenvalue weighted by Crippen LogP contribution is -2.34. The van der Waals surface area contributed by atoms with Crippen LogP contribution in [-0.2, 0) is 13.1 Å². The molecule has 4 heterocycles. The number of nitrogens with one attached hydrogen (secondary N) is 2. The number of piperidine rings is 1. The lowest BCUT2D eigenvalue weighted by atomic mass is 9.93. The topological polar surface area (TPSA) is 170 Å². The Balaban J connectivity index is 1.10. The fourth-order valence-corrected chi connectivity index (χ4v) is 5.25. The van der Waals surface area contributed by atoms with E-state index in [1.807, 2.05) is 0 Å². The van der Waals surface area contributed by atoms with Crippen LogP contribution in [0.1, 0.15) is 60.5 Å². The predicted molar refractivity (Wildman–Crippen MR) is 162 cm³/mol. The molecule has 1 amide bonds. The number of H-pyrrole nitrogens is 1. The molecule has 12 nitrogen and oxygen atoms in total. The third kappa shape index (κ3) is 7.24. The Morgan fingerprint density at radius 2 is 1.83 bits per heavy atom. The average Bonchev–Trinajstić information content (AvgIpc) is 3.30. The maximum absolute atomic E-state index is 12.7. The molecule has 1 aromatic carbocycles. The smallest absolute Gasteiger partial charge is 0.328 e. The molecule has 0 saturated carbocycles. The Labute approximate surface area is 244 Å². The van der Waals surface area contributed by atoms with Crippen LogP contribution in [0.5, 0.6) is 6.01 Å². The van der Waals surface area contributed by atoms with E-state index >= 15 is 0 Å². The molecule has 12 heteroatoms. The average molecular weight is 574 g/mol. The summed E-state index contributed by atoms with van der Waals surface area (Å²) < 4.78 is 7.20. The van der Waals surface area contributed by atoms with Gasteiger partial charge in [-0.15, -0.1) is 0 Å². The van der Waals surface area contributed by atoms with Crippen LogP contribution in [0.4, 0.5) is 11.5 Å². The Bertz CT molecular complexity index is 1560. The molecule has 0 atom stereocenters. The van der Waals surface area contributed by atoms with Crippen molar-refractivity contribution in [1.82, 2.24) is 34.7 Å². The number of hydrogen-bond donors (Lipinski definition) is 4. The van der Waals surface area contributed by atoms with Gasteiger partial charge in [0.15, 0.2) is 11.5 Å². The van der Waals surface area contributed by atoms with Crippen molar-refractivity contribution in [3.05, 3.63) is 69.9 Å². The monoisotopic (exact) mass is 573 g/mol. The van der Waals surface area contributed by atoms with Gasteiger partial charge in [0, 0.05) is 25.5 Å². The number of nitrogens with two attached hydrogens (primary N) is 2. The fraction of sp³-hybridized carbons (Fsp3) is 0.433. The van der Waals surface area contributed by atoms with Crippen molar-refractivity contribution in [2.45, 2.75) is 52.1 Å². The van der Waals surface area contributed by atoms with Crippen LogP contribution < -0.4 is 27.2 Å². The summed E-state index contributed by atoms with van der Waals surface area (Å²) in [6.45, 7) is 6.50. The normalized spacial score (nSPS) is 14.3. The number of likely N-dealkylation sites (tertiary alicyclic amines) is 1. The van der Waals surface area contributed by atoms with Gasteiger partial charge in [0.1, 0.15) is 5.52 Å². The van der Waals surface area contributed by atoms with Crippen molar-refractivity contribution in [3.63, 3.8) is 0 Å². The number of pyridine rings is 1. The van der Waals surface area contributed by atoms with Crippen molar-refractivity contribution >= 4 is 28.6 Å². The molecule has 1 aliphatic rings. The van der Waals surface area contributed by atoms with Crippen molar-refractivity contribution in [1.29, 1.82) is 0 Å². The minimum atomic E-state index is -0.287. The van der Waals surface area contributed by atoms with Gasteiger partial charge in [-0.25, -0.2) is 4.79 Å². The summed E-state index contributed by atoms with van der Waals surface area (Å²) in [5.41, 5.74) is 15.6. The molecule has 0 radical (unpaired) electrons. The molecular weight excluding hydrogens is 534 g/mol. The first-order valence-electron chi connectivity index (χ1n) is 14.6. The van der Waals surface area contributed by atoms with E-state index in [2.05, 4.69) is 61.3 Å². The first-order valence-corrected chi connectivity index (χ1v) is 14.6. The Morgan fingerprint density at radius 3 is 2.55 bits per heavy atom. The van der Waals surface area contributed by atoms with E-state index in [-0.39, 0.29) is 23.4 Å². The molecule has 5 rings (SSSR count). The highest BCUT2D eigenvalue weighted by Crippen LogP contribution is 2.22. The van der Waals surface area contributed by atoms with Gasteiger partial charge in [-0.05, 0) is 61.9 Å². The zero-order valence-corrected chi connectivity index (χ0v) is 24.0. The number of hydrogen-bond acceptors (Lipinski definition) is 9. The lowest BCUT2D eigenvalue weighted by molar-refractivity contribution is 0.0947. The van der Waals surface area contributed by atoms with E-state index in [0.717, 1.165) is 57.3 Å². The lowest BCUT2D eigenvalue weighted by Gasteiger charge is -2.32. The zero-order valence-electron chi connectivity index (χ0n) is 24.0. The maximum Gasteiger partial charge on any atom is 0.328 e. The van der Waals surface area contributed by atoms with Gasteiger partial charge in [-0.1, -0.05) is 37.6 Å². The third-order valence-corrected chi connectivity index (χ3v) is 7.70. The van der Waals surface area contributed by atoms with Gasteiger partial charge < -0.3 is 26.5 Å². The van der Waals surface area contributed by atoms with E-state index in [1.54, 1.807) is 10.6 Å². The number of ether oxygens (including phenoxy) is 1. The predicted octanol–water partition coefficient (Wildman–Crippen LogP) is 2.94. The van der Waals surface area contributed by atoms with E-state index in [0.29, 0.717) is 48.0 Å². The van der Waals surface area contributed by atoms with E-state index in [4.69, 9.17) is 16.2 Å². The second-order valence-corrected chi connectivity index (χ2v) is 10.9. The largest absolute Gasteiger partial charge is 0.463 e. The SMILES string of the molecule is CCCCOc1nc(N)c2[nH]c(=O)n(Cc3ccc(CN4CCC(CCNC(=O)c5cncc(N)c5)CC4)cc3)c2n1.